The Kier molecular flexibility index (Phi) is 4.15. The first-order chi connectivity index (χ1) is 8.74. The van der Waals surface area contributed by atoms with Gasteiger partial charge in [-0.1, -0.05) is 25.5 Å². The molecule has 96 valence electrons. The zero-order valence-corrected chi connectivity index (χ0v) is 11.0. The molecule has 0 radical (unpaired) electrons. The van der Waals surface area contributed by atoms with E-state index in [1.165, 1.54) is 0 Å². The Hall–Kier alpha value is -1.61. The van der Waals surface area contributed by atoms with Crippen molar-refractivity contribution in [2.45, 2.75) is 39.3 Å². The van der Waals surface area contributed by atoms with E-state index < -0.39 is 0 Å². The molecule has 0 saturated heterocycles. The molecule has 0 spiro atoms. The molecule has 1 aromatic carbocycles. The van der Waals surface area contributed by atoms with Gasteiger partial charge in [0.05, 0.1) is 17.3 Å². The Morgan fingerprint density at radius 1 is 1.33 bits per heavy atom. The zero-order valence-electron chi connectivity index (χ0n) is 11.0. The molecular formula is C15H20N2O. The molecule has 2 rings (SSSR count). The Labute approximate surface area is 108 Å². The highest BCUT2D eigenvalue weighted by atomic mass is 16.5. The summed E-state index contributed by atoms with van der Waals surface area (Å²) in [7, 11) is 0. The van der Waals surface area contributed by atoms with Gasteiger partial charge in [-0.2, -0.15) is 0 Å². The summed E-state index contributed by atoms with van der Waals surface area (Å²) in [6, 6.07) is 9.97. The van der Waals surface area contributed by atoms with E-state index in [1.54, 1.807) is 0 Å². The summed E-state index contributed by atoms with van der Waals surface area (Å²) in [6.45, 7) is 4.69. The van der Waals surface area contributed by atoms with Crippen LogP contribution in [0.2, 0.25) is 0 Å². The molecule has 0 aliphatic carbocycles. The maximum Gasteiger partial charge on any atom is 0.130 e. The number of benzene rings is 1. The van der Waals surface area contributed by atoms with E-state index >= 15 is 0 Å². The van der Waals surface area contributed by atoms with E-state index in [0.29, 0.717) is 6.54 Å². The first-order valence-electron chi connectivity index (χ1n) is 6.50. The highest BCUT2D eigenvalue weighted by Gasteiger charge is 2.09. The molecular weight excluding hydrogens is 224 g/mol. The molecule has 3 nitrogen and oxygen atoms in total. The average molecular weight is 244 g/mol. The molecule has 1 heterocycles. The van der Waals surface area contributed by atoms with Gasteiger partial charge in [0, 0.05) is 18.0 Å². The number of aromatic nitrogens is 1. The van der Waals surface area contributed by atoms with Crippen LogP contribution in [0.4, 0.5) is 0 Å². The van der Waals surface area contributed by atoms with Gasteiger partial charge in [0.15, 0.2) is 0 Å². The van der Waals surface area contributed by atoms with Crippen LogP contribution >= 0.6 is 0 Å². The highest BCUT2D eigenvalue weighted by molar-refractivity contribution is 5.85. The number of pyridine rings is 1. The van der Waals surface area contributed by atoms with Gasteiger partial charge in [0.2, 0.25) is 0 Å². The van der Waals surface area contributed by atoms with Gasteiger partial charge >= 0.3 is 0 Å². The molecule has 0 aliphatic rings. The molecule has 0 amide bonds. The van der Waals surface area contributed by atoms with Gasteiger partial charge < -0.3 is 10.5 Å². The van der Waals surface area contributed by atoms with E-state index in [4.69, 9.17) is 10.5 Å². The molecule has 1 aromatic heterocycles. The van der Waals surface area contributed by atoms with Crippen LogP contribution in [-0.4, -0.2) is 11.1 Å². The molecule has 2 aromatic rings. The molecule has 3 heteroatoms. The Morgan fingerprint density at radius 3 is 2.83 bits per heavy atom. The van der Waals surface area contributed by atoms with Crippen molar-refractivity contribution in [3.63, 3.8) is 0 Å². The predicted octanol–water partition coefficient (Wildman–Crippen LogP) is 3.26. The van der Waals surface area contributed by atoms with Crippen molar-refractivity contribution < 1.29 is 4.74 Å². The molecule has 0 fully saturated rings. The lowest BCUT2D eigenvalue weighted by Crippen LogP contribution is -2.12. The van der Waals surface area contributed by atoms with E-state index in [2.05, 4.69) is 18.8 Å². The van der Waals surface area contributed by atoms with Crippen LogP contribution in [0.5, 0.6) is 5.75 Å². The second-order valence-electron chi connectivity index (χ2n) is 4.55. The predicted molar refractivity (Wildman–Crippen MR) is 74.6 cm³/mol. The second kappa shape index (κ2) is 5.83. The fourth-order valence-corrected chi connectivity index (χ4v) is 2.08. The van der Waals surface area contributed by atoms with Crippen molar-refractivity contribution in [3.8, 4) is 5.75 Å². The Morgan fingerprint density at radius 2 is 2.11 bits per heavy atom. The summed E-state index contributed by atoms with van der Waals surface area (Å²) in [4.78, 5) is 4.50. The quantitative estimate of drug-likeness (QED) is 0.878. The number of ether oxygens (including phenoxy) is 1. The topological polar surface area (TPSA) is 48.1 Å². The number of nitrogens with zero attached hydrogens (tertiary/aromatic N) is 1. The summed E-state index contributed by atoms with van der Waals surface area (Å²) in [5, 5.41) is 1.05. The number of para-hydroxylation sites is 1. The Balaban J connectivity index is 2.40. The third-order valence-electron chi connectivity index (χ3n) is 2.96. The first kappa shape index (κ1) is 12.8. The standard InChI is InChI=1S/C15H20N2O/c1-3-6-11(2)18-15-9-12(10-16)17-14-8-5-4-7-13(14)15/h4-5,7-9,11H,3,6,10,16H2,1-2H3. The fraction of sp³-hybridized carbons (Fsp3) is 0.400. The van der Waals surface area contributed by atoms with Gasteiger partial charge in [0.25, 0.3) is 0 Å². The number of fused-ring (bicyclic) bond motifs is 1. The van der Waals surface area contributed by atoms with Gasteiger partial charge in [0.1, 0.15) is 5.75 Å². The van der Waals surface area contributed by atoms with E-state index in [9.17, 15) is 0 Å². The van der Waals surface area contributed by atoms with Crippen molar-refractivity contribution >= 4 is 10.9 Å². The lowest BCUT2D eigenvalue weighted by Gasteiger charge is -2.16. The summed E-state index contributed by atoms with van der Waals surface area (Å²) >= 11 is 0. The first-order valence-corrected chi connectivity index (χ1v) is 6.50. The second-order valence-corrected chi connectivity index (χ2v) is 4.55. The zero-order chi connectivity index (χ0) is 13.0. The number of hydrogen-bond donors (Lipinski definition) is 1. The van der Waals surface area contributed by atoms with Crippen LogP contribution in [0.25, 0.3) is 10.9 Å². The van der Waals surface area contributed by atoms with Gasteiger partial charge in [-0.05, 0) is 25.5 Å². The van der Waals surface area contributed by atoms with Gasteiger partial charge in [-0.15, -0.1) is 0 Å². The molecule has 2 N–H and O–H groups in total. The van der Waals surface area contributed by atoms with Crippen LogP contribution < -0.4 is 10.5 Å². The highest BCUT2D eigenvalue weighted by Crippen LogP contribution is 2.26. The third-order valence-corrected chi connectivity index (χ3v) is 2.96. The lowest BCUT2D eigenvalue weighted by molar-refractivity contribution is 0.212. The van der Waals surface area contributed by atoms with Crippen molar-refractivity contribution in [1.29, 1.82) is 0 Å². The van der Waals surface area contributed by atoms with E-state index in [-0.39, 0.29) is 6.10 Å². The van der Waals surface area contributed by atoms with E-state index in [0.717, 1.165) is 35.2 Å². The minimum absolute atomic E-state index is 0.214. The Bertz CT molecular complexity index is 525. The van der Waals surface area contributed by atoms with Crippen molar-refractivity contribution in [2.75, 3.05) is 0 Å². The van der Waals surface area contributed by atoms with E-state index in [1.807, 2.05) is 30.3 Å². The molecule has 1 atom stereocenters. The van der Waals surface area contributed by atoms with Crippen LogP contribution in [0.3, 0.4) is 0 Å². The van der Waals surface area contributed by atoms with Crippen LogP contribution in [0.15, 0.2) is 30.3 Å². The molecule has 0 saturated carbocycles. The third kappa shape index (κ3) is 2.79. The minimum Gasteiger partial charge on any atom is -0.490 e. The number of nitrogens with two attached hydrogens (primary N) is 1. The maximum atomic E-state index is 6.01. The van der Waals surface area contributed by atoms with Crippen LogP contribution in [0.1, 0.15) is 32.4 Å². The SMILES string of the molecule is CCCC(C)Oc1cc(CN)nc2ccccc12. The largest absolute Gasteiger partial charge is 0.490 e. The van der Waals surface area contributed by atoms with Crippen molar-refractivity contribution in [1.82, 2.24) is 4.98 Å². The normalized spacial score (nSPS) is 12.6. The minimum atomic E-state index is 0.214. The van der Waals surface area contributed by atoms with Crippen molar-refractivity contribution in [3.05, 3.63) is 36.0 Å². The molecule has 18 heavy (non-hydrogen) atoms. The summed E-state index contributed by atoms with van der Waals surface area (Å²) in [5.74, 6) is 0.891. The number of rotatable bonds is 5. The summed E-state index contributed by atoms with van der Waals surface area (Å²) in [6.07, 6.45) is 2.38. The maximum absolute atomic E-state index is 6.01. The van der Waals surface area contributed by atoms with Crippen molar-refractivity contribution in [2.24, 2.45) is 5.73 Å². The van der Waals surface area contributed by atoms with Gasteiger partial charge in [-0.3, -0.25) is 4.98 Å². The van der Waals surface area contributed by atoms with Crippen LogP contribution in [0, 0.1) is 0 Å². The van der Waals surface area contributed by atoms with Gasteiger partial charge in [-0.25, -0.2) is 0 Å². The average Bonchev–Trinajstić information content (AvgIpc) is 2.38. The molecule has 0 bridgehead atoms. The summed E-state index contributed by atoms with van der Waals surface area (Å²) < 4.78 is 6.01. The monoisotopic (exact) mass is 244 g/mol. The lowest BCUT2D eigenvalue weighted by atomic mass is 10.1. The molecule has 1 unspecified atom stereocenters. The summed E-state index contributed by atoms with van der Waals surface area (Å²) in [5.41, 5.74) is 7.49. The molecule has 0 aliphatic heterocycles. The smallest absolute Gasteiger partial charge is 0.130 e. The van der Waals surface area contributed by atoms with Crippen LogP contribution in [-0.2, 0) is 6.54 Å². The number of hydrogen-bond acceptors (Lipinski definition) is 3. The fourth-order valence-electron chi connectivity index (χ4n) is 2.08.